The number of rotatable bonds is 5. The van der Waals surface area contributed by atoms with E-state index in [9.17, 15) is 4.39 Å². The third-order valence-corrected chi connectivity index (χ3v) is 1.96. The summed E-state index contributed by atoms with van der Waals surface area (Å²) in [6.07, 6.45) is 2.38. The molecule has 3 nitrogen and oxygen atoms in total. The van der Waals surface area contributed by atoms with Crippen molar-refractivity contribution in [1.29, 1.82) is 0 Å². The Hall–Kier alpha value is -1.42. The van der Waals surface area contributed by atoms with Gasteiger partial charge in [0.25, 0.3) is 0 Å². The van der Waals surface area contributed by atoms with Gasteiger partial charge in [0.15, 0.2) is 0 Å². The van der Waals surface area contributed by atoms with Crippen molar-refractivity contribution < 1.29 is 9.23 Å². The number of nitrogens with two attached hydrogens (primary N) is 1. The highest BCUT2D eigenvalue weighted by molar-refractivity contribution is 5.78. The average Bonchev–Trinajstić information content (AvgIpc) is 2.26. The monoisotopic (exact) mass is 210 g/mol. The molecule has 1 atom stereocenters. The maximum Gasteiger partial charge on any atom is 0.132 e. The van der Waals surface area contributed by atoms with E-state index >= 15 is 0 Å². The van der Waals surface area contributed by atoms with Crippen LogP contribution in [0.3, 0.4) is 0 Å². The van der Waals surface area contributed by atoms with Crippen LogP contribution in [0.4, 0.5) is 4.39 Å². The van der Waals surface area contributed by atoms with Crippen molar-refractivity contribution in [3.05, 3.63) is 35.6 Å². The first-order chi connectivity index (χ1) is 7.22. The average molecular weight is 210 g/mol. The Balaban J connectivity index is 2.35. The maximum atomic E-state index is 12.5. The second-order valence-corrected chi connectivity index (χ2v) is 3.25. The Kier molecular flexibility index (Phi) is 4.77. The predicted molar refractivity (Wildman–Crippen MR) is 58.2 cm³/mol. The maximum absolute atomic E-state index is 12.5. The lowest BCUT2D eigenvalue weighted by atomic mass is 10.2. The minimum Gasteiger partial charge on any atom is -0.394 e. The van der Waals surface area contributed by atoms with E-state index in [2.05, 4.69) is 5.16 Å². The normalized spacial score (nSPS) is 13.0. The molecule has 1 unspecified atom stereocenters. The van der Waals surface area contributed by atoms with Crippen LogP contribution in [0.1, 0.15) is 18.9 Å². The number of oxime groups is 1. The highest BCUT2D eigenvalue weighted by atomic mass is 19.1. The molecule has 0 saturated carbocycles. The van der Waals surface area contributed by atoms with Crippen molar-refractivity contribution in [2.24, 2.45) is 10.9 Å². The lowest BCUT2D eigenvalue weighted by molar-refractivity contribution is 0.130. The SMILES string of the molecule is CCC(N)CON=Cc1ccc(F)cc1. The summed E-state index contributed by atoms with van der Waals surface area (Å²) >= 11 is 0. The summed E-state index contributed by atoms with van der Waals surface area (Å²) in [7, 11) is 0. The van der Waals surface area contributed by atoms with Gasteiger partial charge in [-0.15, -0.1) is 0 Å². The summed E-state index contributed by atoms with van der Waals surface area (Å²) in [6.45, 7) is 2.38. The molecule has 15 heavy (non-hydrogen) atoms. The molecule has 2 N–H and O–H groups in total. The smallest absolute Gasteiger partial charge is 0.132 e. The van der Waals surface area contributed by atoms with Gasteiger partial charge in [-0.1, -0.05) is 24.2 Å². The Morgan fingerprint density at radius 3 is 2.73 bits per heavy atom. The first kappa shape index (κ1) is 11.7. The van der Waals surface area contributed by atoms with Crippen LogP contribution >= 0.6 is 0 Å². The molecule has 1 aromatic carbocycles. The second-order valence-electron chi connectivity index (χ2n) is 3.25. The topological polar surface area (TPSA) is 47.6 Å². The fourth-order valence-corrected chi connectivity index (χ4v) is 0.904. The number of hydrogen-bond donors (Lipinski definition) is 1. The Bertz CT molecular complexity index is 311. The molecule has 0 aliphatic heterocycles. The van der Waals surface area contributed by atoms with Crippen LogP contribution < -0.4 is 5.73 Å². The molecule has 1 aromatic rings. The van der Waals surface area contributed by atoms with Gasteiger partial charge in [0.1, 0.15) is 12.4 Å². The first-order valence-corrected chi connectivity index (χ1v) is 4.89. The van der Waals surface area contributed by atoms with Crippen molar-refractivity contribution in [2.45, 2.75) is 19.4 Å². The predicted octanol–water partition coefficient (Wildman–Crippen LogP) is 1.91. The molecule has 0 radical (unpaired) electrons. The van der Waals surface area contributed by atoms with Crippen LogP contribution in [0.2, 0.25) is 0 Å². The molecule has 4 heteroatoms. The lowest BCUT2D eigenvalue weighted by Crippen LogP contribution is -2.23. The van der Waals surface area contributed by atoms with Gasteiger partial charge in [-0.3, -0.25) is 0 Å². The van der Waals surface area contributed by atoms with E-state index in [4.69, 9.17) is 10.6 Å². The van der Waals surface area contributed by atoms with E-state index in [1.54, 1.807) is 12.1 Å². The summed E-state index contributed by atoms with van der Waals surface area (Å²) in [5, 5.41) is 3.73. The molecular weight excluding hydrogens is 195 g/mol. The molecule has 0 saturated heterocycles. The second kappa shape index (κ2) is 6.14. The van der Waals surface area contributed by atoms with E-state index in [1.165, 1.54) is 18.3 Å². The van der Waals surface area contributed by atoms with Crippen LogP contribution in [0.15, 0.2) is 29.4 Å². The molecule has 0 heterocycles. The van der Waals surface area contributed by atoms with Gasteiger partial charge in [0.2, 0.25) is 0 Å². The Morgan fingerprint density at radius 1 is 1.47 bits per heavy atom. The van der Waals surface area contributed by atoms with Crippen molar-refractivity contribution in [1.82, 2.24) is 0 Å². The summed E-state index contributed by atoms with van der Waals surface area (Å²) < 4.78 is 12.5. The highest BCUT2D eigenvalue weighted by Gasteiger charge is 1.97. The van der Waals surface area contributed by atoms with E-state index < -0.39 is 0 Å². The number of halogens is 1. The molecular formula is C11H15FN2O. The molecule has 0 fully saturated rings. The van der Waals surface area contributed by atoms with Crippen LogP contribution in [0.5, 0.6) is 0 Å². The van der Waals surface area contributed by atoms with Crippen molar-refractivity contribution in [2.75, 3.05) is 6.61 Å². The molecule has 0 aromatic heterocycles. The van der Waals surface area contributed by atoms with Crippen molar-refractivity contribution in [3.63, 3.8) is 0 Å². The zero-order valence-corrected chi connectivity index (χ0v) is 8.69. The summed E-state index contributed by atoms with van der Waals surface area (Å²) in [5.74, 6) is -0.263. The number of benzene rings is 1. The summed E-state index contributed by atoms with van der Waals surface area (Å²) in [6, 6.07) is 6.01. The van der Waals surface area contributed by atoms with Gasteiger partial charge in [-0.2, -0.15) is 0 Å². The molecule has 0 aliphatic rings. The molecule has 0 amide bonds. The molecule has 82 valence electrons. The third kappa shape index (κ3) is 4.56. The minimum absolute atomic E-state index is 0.00960. The van der Waals surface area contributed by atoms with E-state index in [1.807, 2.05) is 6.92 Å². The number of nitrogens with zero attached hydrogens (tertiary/aromatic N) is 1. The van der Waals surface area contributed by atoms with Gasteiger partial charge in [0.05, 0.1) is 6.21 Å². The van der Waals surface area contributed by atoms with Crippen LogP contribution in [0.25, 0.3) is 0 Å². The zero-order valence-electron chi connectivity index (χ0n) is 8.69. The highest BCUT2D eigenvalue weighted by Crippen LogP contribution is 2.00. The van der Waals surface area contributed by atoms with Crippen molar-refractivity contribution >= 4 is 6.21 Å². The third-order valence-electron chi connectivity index (χ3n) is 1.96. The van der Waals surface area contributed by atoms with E-state index in [0.29, 0.717) is 6.61 Å². The Morgan fingerprint density at radius 2 is 2.13 bits per heavy atom. The summed E-state index contributed by atoms with van der Waals surface area (Å²) in [5.41, 5.74) is 6.42. The first-order valence-electron chi connectivity index (χ1n) is 4.89. The number of hydrogen-bond acceptors (Lipinski definition) is 3. The largest absolute Gasteiger partial charge is 0.394 e. The standard InChI is InChI=1S/C11H15FN2O/c1-2-11(13)8-15-14-7-9-3-5-10(12)6-4-9/h3-7,11H,2,8,13H2,1H3. The van der Waals surface area contributed by atoms with Gasteiger partial charge < -0.3 is 10.6 Å². The minimum atomic E-state index is -0.263. The fourth-order valence-electron chi connectivity index (χ4n) is 0.904. The van der Waals surface area contributed by atoms with E-state index in [-0.39, 0.29) is 11.9 Å². The van der Waals surface area contributed by atoms with Gasteiger partial charge in [-0.25, -0.2) is 4.39 Å². The lowest BCUT2D eigenvalue weighted by Gasteiger charge is -2.05. The molecule has 1 rings (SSSR count). The fraction of sp³-hybridized carbons (Fsp3) is 0.364. The van der Waals surface area contributed by atoms with Crippen LogP contribution in [0, 0.1) is 5.82 Å². The molecule has 0 spiro atoms. The zero-order chi connectivity index (χ0) is 11.1. The van der Waals surface area contributed by atoms with Gasteiger partial charge in [-0.05, 0) is 24.1 Å². The van der Waals surface area contributed by atoms with E-state index in [0.717, 1.165) is 12.0 Å². The van der Waals surface area contributed by atoms with Crippen LogP contribution in [-0.2, 0) is 4.84 Å². The summed E-state index contributed by atoms with van der Waals surface area (Å²) in [4.78, 5) is 4.97. The quantitative estimate of drug-likeness (QED) is 0.596. The molecule has 0 aliphatic carbocycles. The molecule has 0 bridgehead atoms. The van der Waals surface area contributed by atoms with Crippen molar-refractivity contribution in [3.8, 4) is 0 Å². The van der Waals surface area contributed by atoms with Gasteiger partial charge in [0, 0.05) is 6.04 Å². The Labute approximate surface area is 88.7 Å². The van der Waals surface area contributed by atoms with Gasteiger partial charge >= 0.3 is 0 Å². The van der Waals surface area contributed by atoms with Crippen LogP contribution in [-0.4, -0.2) is 18.9 Å².